The largest absolute Gasteiger partial charge is 0.444 e. The highest BCUT2D eigenvalue weighted by atomic mass is 16.6. The number of carbonyl (C=O) groups excluding carboxylic acids is 1. The van der Waals surface area contributed by atoms with Crippen molar-refractivity contribution in [3.8, 4) is 0 Å². The maximum absolute atomic E-state index is 11.8. The topological polar surface area (TPSA) is 57.3 Å². The van der Waals surface area contributed by atoms with Crippen molar-refractivity contribution in [1.82, 2.24) is 20.0 Å². The second-order valence-corrected chi connectivity index (χ2v) is 27.8. The van der Waals surface area contributed by atoms with E-state index in [1.807, 2.05) is 25.7 Å². The minimum atomic E-state index is -0.383. The zero-order valence-electron chi connectivity index (χ0n) is 53.4. The van der Waals surface area contributed by atoms with Crippen molar-refractivity contribution in [2.75, 3.05) is 65.6 Å². The Bertz CT molecular complexity index is 1490. The summed E-state index contributed by atoms with van der Waals surface area (Å²) in [4.78, 5) is 18.6. The Morgan fingerprint density at radius 1 is 0.530 bits per heavy atom. The summed E-state index contributed by atoms with van der Waals surface area (Å²) >= 11 is 0. The van der Waals surface area contributed by atoms with Gasteiger partial charge in [-0.2, -0.15) is 0 Å². The molecular weight excluding hydrogens is 1020 g/mol. The quantitative estimate of drug-likeness (QED) is 0.280. The molecule has 1 N–H and O–H groups in total. The van der Waals surface area contributed by atoms with E-state index in [1.165, 1.54) is 122 Å². The molecule has 0 aromatic heterocycles. The lowest BCUT2D eigenvalue weighted by atomic mass is 9.77. The number of piperazine rings is 1. The van der Waals surface area contributed by atoms with Gasteiger partial charge in [0.15, 0.2) is 0 Å². The van der Waals surface area contributed by atoms with Crippen LogP contribution in [0.15, 0.2) is 24.3 Å². The number of rotatable bonds is 8. The average Bonchev–Trinajstić information content (AvgIpc) is 3.94. The monoisotopic (exact) mass is 1180 g/mol. The van der Waals surface area contributed by atoms with Crippen molar-refractivity contribution in [3.63, 3.8) is 0 Å². The van der Waals surface area contributed by atoms with Crippen LogP contribution >= 0.6 is 0 Å². The number of morpholine rings is 1. The number of benzene rings is 1. The number of fused-ring (bicyclic) bond motifs is 1. The number of hydrogen-bond acceptors (Lipinski definition) is 6. The first-order valence-electron chi connectivity index (χ1n) is 32.3. The molecule has 3 aliphatic heterocycles. The van der Waals surface area contributed by atoms with Gasteiger partial charge in [0.1, 0.15) is 5.60 Å². The van der Waals surface area contributed by atoms with Crippen LogP contribution in [0.2, 0.25) is 0 Å². The van der Waals surface area contributed by atoms with E-state index in [0.29, 0.717) is 6.04 Å². The van der Waals surface area contributed by atoms with E-state index in [2.05, 4.69) is 143 Å². The molecular formula is C76H162N4O3. The molecule has 3 saturated carbocycles. The summed E-state index contributed by atoms with van der Waals surface area (Å²) in [6.45, 7) is 50.9. The maximum atomic E-state index is 11.8. The molecule has 0 spiro atoms. The molecule has 3 heterocycles. The van der Waals surface area contributed by atoms with Gasteiger partial charge in [-0.1, -0.05) is 230 Å². The van der Waals surface area contributed by atoms with Crippen LogP contribution in [0, 0.1) is 59.2 Å². The van der Waals surface area contributed by atoms with Gasteiger partial charge in [-0.15, -0.1) is 0 Å². The molecule has 1 atom stereocenters. The smallest absolute Gasteiger partial charge is 0.410 e. The Morgan fingerprint density at radius 3 is 1.36 bits per heavy atom. The molecule has 7 aliphatic rings. The van der Waals surface area contributed by atoms with E-state index >= 15 is 0 Å². The Hall–Kier alpha value is -1.67. The molecule has 83 heavy (non-hydrogen) atoms. The van der Waals surface area contributed by atoms with Gasteiger partial charge in [0, 0.05) is 64.4 Å². The number of carbonyl (C=O) groups is 1. The summed E-state index contributed by atoms with van der Waals surface area (Å²) in [6.07, 6.45) is 27.0. The van der Waals surface area contributed by atoms with Gasteiger partial charge >= 0.3 is 6.09 Å². The summed E-state index contributed by atoms with van der Waals surface area (Å²) in [5.41, 5.74) is 2.82. The lowest BCUT2D eigenvalue weighted by Crippen LogP contribution is -2.46. The Labute approximate surface area is 527 Å². The zero-order chi connectivity index (χ0) is 55.9. The fraction of sp³-hybridized carbons (Fsp3) is 0.908. The third-order valence-corrected chi connectivity index (χ3v) is 17.9. The molecule has 8 rings (SSSR count). The predicted octanol–water partition coefficient (Wildman–Crippen LogP) is 23.1. The number of hydrogen-bond donors (Lipinski definition) is 1. The lowest BCUT2D eigenvalue weighted by Gasteiger charge is -2.34. The molecule has 6 fully saturated rings. The van der Waals surface area contributed by atoms with Crippen LogP contribution in [-0.2, 0) is 15.9 Å². The molecule has 1 unspecified atom stereocenters. The fourth-order valence-corrected chi connectivity index (χ4v) is 12.5. The summed E-state index contributed by atoms with van der Waals surface area (Å²) in [7, 11) is 0. The number of likely N-dealkylation sites (tertiary alicyclic amines) is 1. The number of nitrogens with zero attached hydrogens (tertiary/aromatic N) is 3. The van der Waals surface area contributed by atoms with Gasteiger partial charge in [-0.05, 0) is 176 Å². The van der Waals surface area contributed by atoms with E-state index in [1.54, 1.807) is 11.1 Å². The summed E-state index contributed by atoms with van der Waals surface area (Å²) in [5.74, 6) is 10.1. The standard InChI is InChI=1S/C13H25NO2.C13H18.2C10H20.C8H16.C7H16N2.C7H15NO.8CH4/c1-10(2)11-6-8-14(9-7-11)12(15)16-13(3,4)5;1-10(2)12-9-5-7-11-6-3-4-8-13(11)12;1-8(2)10-6-4-9(3)5-7-10;1-9(2)8-10-6-4-3-5-7-10;1-7(2)8-5-3-4-6-8;1-7(2)9-5-3-8-4-6-9;1-7(2)8-3-5-9-6-4-8;;;;;;;;/h10-11H,6-9H2,1-5H3;3-4,6,8,10,12H,5,7,9H2,1-2H3;8-10H,4-7H2,1-3H3;9-10H,3-8H2,1-2H3;7-8H,3-6H2,1-2H3;7-8H,3-6H2,1-2H3;7H,3-6H2,1-2H3;8*1H4. The first kappa shape index (κ1) is 95.0. The maximum Gasteiger partial charge on any atom is 0.410 e. The number of piperidine rings is 1. The summed E-state index contributed by atoms with van der Waals surface area (Å²) < 4.78 is 10.6. The van der Waals surface area contributed by atoms with Gasteiger partial charge < -0.3 is 19.7 Å². The van der Waals surface area contributed by atoms with Crippen LogP contribution in [0.4, 0.5) is 4.79 Å². The number of amides is 1. The van der Waals surface area contributed by atoms with Crippen molar-refractivity contribution in [1.29, 1.82) is 0 Å². The second-order valence-electron chi connectivity index (χ2n) is 27.8. The van der Waals surface area contributed by atoms with E-state index in [0.717, 1.165) is 136 Å². The highest BCUT2D eigenvalue weighted by Crippen LogP contribution is 2.37. The van der Waals surface area contributed by atoms with Gasteiger partial charge in [-0.3, -0.25) is 9.80 Å². The number of ether oxygens (including phenoxy) is 2. The Kier molecular flexibility index (Phi) is 61.1. The van der Waals surface area contributed by atoms with E-state index in [-0.39, 0.29) is 71.1 Å². The third kappa shape index (κ3) is 42.8. The van der Waals surface area contributed by atoms with E-state index in [9.17, 15) is 4.79 Å². The normalized spacial score (nSPS) is 21.1. The highest BCUT2D eigenvalue weighted by Gasteiger charge is 2.28. The lowest BCUT2D eigenvalue weighted by molar-refractivity contribution is 0.0166. The molecule has 504 valence electrons. The van der Waals surface area contributed by atoms with Crippen molar-refractivity contribution in [3.05, 3.63) is 35.4 Å². The van der Waals surface area contributed by atoms with Crippen LogP contribution in [0.1, 0.15) is 317 Å². The van der Waals surface area contributed by atoms with Crippen LogP contribution in [-0.4, -0.2) is 104 Å². The first-order valence-corrected chi connectivity index (χ1v) is 32.3. The average molecular weight is 1180 g/mol. The number of nitrogens with one attached hydrogen (secondary N) is 1. The third-order valence-electron chi connectivity index (χ3n) is 17.9. The predicted molar refractivity (Wildman–Crippen MR) is 382 cm³/mol. The highest BCUT2D eigenvalue weighted by molar-refractivity contribution is 5.68. The fourth-order valence-electron chi connectivity index (χ4n) is 12.5. The molecule has 0 bridgehead atoms. The van der Waals surface area contributed by atoms with Crippen LogP contribution in [0.5, 0.6) is 0 Å². The second kappa shape index (κ2) is 53.4. The van der Waals surface area contributed by atoms with Crippen molar-refractivity contribution in [2.45, 2.75) is 330 Å². The summed E-state index contributed by atoms with van der Waals surface area (Å²) in [5, 5.41) is 3.33. The van der Waals surface area contributed by atoms with Crippen molar-refractivity contribution in [2.24, 2.45) is 59.2 Å². The minimum absolute atomic E-state index is 0. The van der Waals surface area contributed by atoms with Crippen LogP contribution in [0.3, 0.4) is 0 Å². The van der Waals surface area contributed by atoms with Crippen molar-refractivity contribution >= 4 is 6.09 Å². The number of aryl methyl sites for hydroxylation is 1. The zero-order valence-corrected chi connectivity index (χ0v) is 53.4. The van der Waals surface area contributed by atoms with E-state index < -0.39 is 0 Å². The van der Waals surface area contributed by atoms with Gasteiger partial charge in [0.25, 0.3) is 0 Å². The Balaban J connectivity index is -0.000000162. The SMILES string of the molecule is C.C.C.C.C.C.C.C.CC(C)C1CCCC1.CC(C)C1CCCc2ccccc21.CC(C)C1CCN(C(=O)OC(C)(C)C)CC1.CC(C)CC1CCCCC1.CC(C)N1CCNCC1.CC(C)N1CCOCC1.CC1CCC(C(C)C)CC1. The van der Waals surface area contributed by atoms with Gasteiger partial charge in [0.2, 0.25) is 0 Å². The van der Waals surface area contributed by atoms with Crippen LogP contribution < -0.4 is 5.32 Å². The van der Waals surface area contributed by atoms with Crippen molar-refractivity contribution < 1.29 is 14.3 Å². The molecule has 4 aliphatic carbocycles. The molecule has 1 aromatic carbocycles. The molecule has 7 heteroatoms. The minimum Gasteiger partial charge on any atom is -0.444 e. The summed E-state index contributed by atoms with van der Waals surface area (Å²) in [6, 6.07) is 10.4. The van der Waals surface area contributed by atoms with Crippen LogP contribution in [0.25, 0.3) is 0 Å². The molecule has 1 amide bonds. The molecule has 3 saturated heterocycles. The van der Waals surface area contributed by atoms with Gasteiger partial charge in [-0.25, -0.2) is 4.79 Å². The van der Waals surface area contributed by atoms with Gasteiger partial charge in [0.05, 0.1) is 13.2 Å². The molecule has 1 aromatic rings. The van der Waals surface area contributed by atoms with E-state index in [4.69, 9.17) is 9.47 Å². The Morgan fingerprint density at radius 2 is 0.964 bits per heavy atom. The first-order chi connectivity index (χ1) is 35.5. The molecule has 7 nitrogen and oxygen atoms in total. The molecule has 0 radical (unpaired) electrons.